The number of aliphatic hydroxyl groups is 2. The summed E-state index contributed by atoms with van der Waals surface area (Å²) in [6, 6.07) is 0. The average Bonchev–Trinajstić information content (AvgIpc) is 2.28. The Bertz CT molecular complexity index is 242. The molecule has 1 saturated heterocycles. The number of rotatable bonds is 3. The zero-order chi connectivity index (χ0) is 10.9. The van der Waals surface area contributed by atoms with Gasteiger partial charge in [0.05, 0.1) is 12.2 Å². The first-order valence-corrected chi connectivity index (χ1v) is 7.27. The Labute approximate surface area is 87.5 Å². The molecule has 0 aromatic carbocycles. The lowest BCUT2D eigenvalue weighted by Gasteiger charge is -2.15. The third-order valence-corrected chi connectivity index (χ3v) is 3.69. The molecule has 4 N–H and O–H groups in total. The van der Waals surface area contributed by atoms with Gasteiger partial charge < -0.3 is 24.7 Å². The molecule has 1 aliphatic rings. The van der Waals surface area contributed by atoms with Gasteiger partial charge in [-0.2, -0.15) is 0 Å². The molecule has 14 heavy (non-hydrogen) atoms. The molecule has 0 saturated carbocycles. The van der Waals surface area contributed by atoms with Crippen LogP contribution in [-0.4, -0.2) is 50.6 Å². The molecular weight excluding hydrogens is 227 g/mol. The summed E-state index contributed by atoms with van der Waals surface area (Å²) in [6.07, 6.45) is -2.57. The van der Waals surface area contributed by atoms with Crippen LogP contribution < -0.4 is 0 Å². The van der Waals surface area contributed by atoms with Gasteiger partial charge in [-0.1, -0.05) is 0 Å². The van der Waals surface area contributed by atoms with Crippen LogP contribution in [0, 0.1) is 0 Å². The van der Waals surface area contributed by atoms with Crippen LogP contribution in [0.3, 0.4) is 0 Å². The lowest BCUT2D eigenvalue weighted by molar-refractivity contribution is 0.0146. The smallest absolute Gasteiger partial charge is 0.183 e. The minimum absolute atomic E-state index is 0.0312. The van der Waals surface area contributed by atoms with Crippen molar-refractivity contribution in [2.75, 3.05) is 6.16 Å². The minimum atomic E-state index is -3.22. The van der Waals surface area contributed by atoms with Crippen LogP contribution in [0.5, 0.6) is 0 Å². The predicted octanol–water partition coefficient (Wildman–Crippen LogP) is -0.820. The Morgan fingerprint density at radius 1 is 1.29 bits per heavy atom. The van der Waals surface area contributed by atoms with Crippen LogP contribution in [-0.2, 0) is 16.5 Å². The van der Waals surface area contributed by atoms with Gasteiger partial charge in [0.15, 0.2) is 6.49 Å². The highest BCUT2D eigenvalue weighted by Crippen LogP contribution is 2.37. The van der Waals surface area contributed by atoms with Gasteiger partial charge in [-0.25, -0.2) is 0 Å². The molecule has 0 aromatic heterocycles. The molecule has 0 spiro atoms. The van der Waals surface area contributed by atoms with Crippen molar-refractivity contribution in [1.82, 2.24) is 0 Å². The second-order valence-corrected chi connectivity index (χ2v) is 7.07. The fraction of sp³-hybridized carbons (Fsp3) is 1.00. The van der Waals surface area contributed by atoms with Crippen molar-refractivity contribution in [1.29, 1.82) is 0 Å². The molecule has 1 fully saturated rings. The molecule has 4 atom stereocenters. The summed E-state index contributed by atoms with van der Waals surface area (Å²) in [4.78, 5) is 18.0. The number of ether oxygens (including phenoxy) is 1. The van der Waals surface area contributed by atoms with E-state index in [2.05, 4.69) is 11.8 Å². The van der Waals surface area contributed by atoms with Crippen LogP contribution in [0.15, 0.2) is 0 Å². The van der Waals surface area contributed by atoms with E-state index in [-0.39, 0.29) is 12.6 Å². The first-order chi connectivity index (χ1) is 6.31. The van der Waals surface area contributed by atoms with E-state index in [0.29, 0.717) is 0 Å². The van der Waals surface area contributed by atoms with Gasteiger partial charge >= 0.3 is 0 Å². The van der Waals surface area contributed by atoms with Gasteiger partial charge in [0.25, 0.3) is 0 Å². The molecule has 0 radical (unpaired) electrons. The summed E-state index contributed by atoms with van der Waals surface area (Å²) in [6.45, 7) is -1.57. The monoisotopic (exact) mass is 242 g/mol. The van der Waals surface area contributed by atoms with Crippen molar-refractivity contribution < 1.29 is 24.7 Å². The van der Waals surface area contributed by atoms with Crippen molar-refractivity contribution in [3.8, 4) is 0 Å². The second kappa shape index (κ2) is 4.53. The summed E-state index contributed by atoms with van der Waals surface area (Å²) in [5.74, 6) is 0. The molecule has 84 valence electrons. The van der Waals surface area contributed by atoms with Crippen molar-refractivity contribution in [2.45, 2.75) is 37.8 Å². The van der Waals surface area contributed by atoms with Gasteiger partial charge in [-0.3, -0.25) is 0 Å². The van der Waals surface area contributed by atoms with Crippen LogP contribution in [0.1, 0.15) is 13.3 Å². The van der Waals surface area contributed by atoms with Gasteiger partial charge in [0.2, 0.25) is 0 Å². The van der Waals surface area contributed by atoms with Crippen LogP contribution >= 0.6 is 6.49 Å². The Kier molecular flexibility index (Phi) is 4.05. The fourth-order valence-corrected chi connectivity index (χ4v) is 2.38. The highest BCUT2D eigenvalue weighted by Gasteiger charge is 2.40. The quantitative estimate of drug-likeness (QED) is 0.483. The van der Waals surface area contributed by atoms with E-state index in [9.17, 15) is 10.2 Å². The Hall–Kier alpha value is 0.450. The molecule has 5 nitrogen and oxygen atoms in total. The molecule has 0 bridgehead atoms. The summed E-state index contributed by atoms with van der Waals surface area (Å²) in [5.41, 5.74) is 0. The van der Waals surface area contributed by atoms with Crippen molar-refractivity contribution in [2.24, 2.45) is 0 Å². The SMILES string of the molecule is C[C@@H]1O[C@H](CCP(O)(O)=S)C(O)[C@@H]1O. The van der Waals surface area contributed by atoms with Crippen molar-refractivity contribution in [3.05, 3.63) is 0 Å². The summed E-state index contributed by atoms with van der Waals surface area (Å²) in [7, 11) is 0. The van der Waals surface area contributed by atoms with Gasteiger partial charge in [-0.05, 0) is 25.2 Å². The molecule has 7 heteroatoms. The van der Waals surface area contributed by atoms with E-state index in [4.69, 9.17) is 14.5 Å². The molecule has 1 aliphatic heterocycles. The molecule has 1 rings (SSSR count). The molecule has 0 aromatic rings. The molecule has 0 amide bonds. The summed E-state index contributed by atoms with van der Waals surface area (Å²) < 4.78 is 5.23. The topological polar surface area (TPSA) is 90.2 Å². The number of hydrogen-bond donors (Lipinski definition) is 4. The average molecular weight is 242 g/mol. The molecule has 1 heterocycles. The zero-order valence-electron chi connectivity index (χ0n) is 7.78. The largest absolute Gasteiger partial charge is 0.388 e. The van der Waals surface area contributed by atoms with Crippen molar-refractivity contribution in [3.63, 3.8) is 0 Å². The zero-order valence-corrected chi connectivity index (χ0v) is 9.49. The molecular formula is C7H15O5PS. The van der Waals surface area contributed by atoms with E-state index in [1.165, 1.54) is 0 Å². The maximum Gasteiger partial charge on any atom is 0.183 e. The standard InChI is InChI=1S/C7H15O5PS/c1-4-6(8)7(9)5(12-4)2-3-13(10,11)14/h4-9H,2-3H2,1H3,(H2,10,11,14)/t4-,5+,6+,7?/m0/s1. The van der Waals surface area contributed by atoms with E-state index >= 15 is 0 Å². The minimum Gasteiger partial charge on any atom is -0.388 e. The Balaban J connectivity index is 2.44. The maximum absolute atomic E-state index is 9.46. The first-order valence-electron chi connectivity index (χ1n) is 4.37. The normalized spacial score (nSPS) is 38.9. The lowest BCUT2D eigenvalue weighted by Crippen LogP contribution is -2.31. The maximum atomic E-state index is 9.46. The van der Waals surface area contributed by atoms with E-state index in [1.807, 2.05) is 0 Å². The number of aliphatic hydroxyl groups excluding tert-OH is 2. The fourth-order valence-electron chi connectivity index (χ4n) is 1.47. The Morgan fingerprint density at radius 3 is 2.21 bits per heavy atom. The van der Waals surface area contributed by atoms with E-state index in [0.717, 1.165) is 0 Å². The highest BCUT2D eigenvalue weighted by atomic mass is 32.5. The molecule has 1 unspecified atom stereocenters. The predicted molar refractivity (Wildman–Crippen MR) is 54.6 cm³/mol. The van der Waals surface area contributed by atoms with E-state index < -0.39 is 30.9 Å². The van der Waals surface area contributed by atoms with E-state index in [1.54, 1.807) is 6.92 Å². The third-order valence-electron chi connectivity index (χ3n) is 2.31. The van der Waals surface area contributed by atoms with Gasteiger partial charge in [0.1, 0.15) is 12.2 Å². The Morgan fingerprint density at radius 2 is 1.86 bits per heavy atom. The van der Waals surface area contributed by atoms with Crippen molar-refractivity contribution >= 4 is 18.3 Å². The van der Waals surface area contributed by atoms with Crippen LogP contribution in [0.2, 0.25) is 0 Å². The van der Waals surface area contributed by atoms with Gasteiger partial charge in [-0.15, -0.1) is 0 Å². The first kappa shape index (κ1) is 12.5. The van der Waals surface area contributed by atoms with Crippen LogP contribution in [0.4, 0.5) is 0 Å². The number of hydrogen-bond acceptors (Lipinski definition) is 4. The lowest BCUT2D eigenvalue weighted by atomic mass is 10.1. The third kappa shape index (κ3) is 3.24. The summed E-state index contributed by atoms with van der Waals surface area (Å²) in [5, 5.41) is 18.8. The summed E-state index contributed by atoms with van der Waals surface area (Å²) >= 11 is 4.44. The highest BCUT2D eigenvalue weighted by molar-refractivity contribution is 8.09. The van der Waals surface area contributed by atoms with Crippen LogP contribution in [0.25, 0.3) is 0 Å². The second-order valence-electron chi connectivity index (χ2n) is 3.54. The van der Waals surface area contributed by atoms with Gasteiger partial charge in [0, 0.05) is 6.16 Å². The molecule has 0 aliphatic carbocycles.